The van der Waals surface area contributed by atoms with Crippen LogP contribution in [-0.2, 0) is 0 Å². The highest BCUT2D eigenvalue weighted by molar-refractivity contribution is 4.90. The van der Waals surface area contributed by atoms with Gasteiger partial charge in [-0.15, -0.1) is 0 Å². The molecular formula is C15H29NO. The van der Waals surface area contributed by atoms with Crippen molar-refractivity contribution in [2.75, 3.05) is 6.54 Å². The van der Waals surface area contributed by atoms with Gasteiger partial charge in [0.25, 0.3) is 0 Å². The Balaban J connectivity index is 1.80. The van der Waals surface area contributed by atoms with Gasteiger partial charge in [0.2, 0.25) is 0 Å². The minimum absolute atomic E-state index is 0.418. The van der Waals surface area contributed by atoms with E-state index in [1.165, 1.54) is 38.5 Å². The average Bonchev–Trinajstić information content (AvgIpc) is 2.73. The molecule has 0 aromatic heterocycles. The second kappa shape index (κ2) is 5.71. The van der Waals surface area contributed by atoms with Crippen molar-refractivity contribution in [2.24, 2.45) is 11.8 Å². The third-order valence-electron chi connectivity index (χ3n) is 4.94. The highest BCUT2D eigenvalue weighted by Gasteiger charge is 2.34. The first kappa shape index (κ1) is 13.4. The van der Waals surface area contributed by atoms with E-state index in [1.54, 1.807) is 0 Å². The molecule has 0 saturated heterocycles. The fourth-order valence-electron chi connectivity index (χ4n) is 3.91. The summed E-state index contributed by atoms with van der Waals surface area (Å²) in [6.07, 6.45) is 9.81. The predicted octanol–water partition coefficient (Wildman–Crippen LogP) is 3.10. The summed E-state index contributed by atoms with van der Waals surface area (Å²) in [5, 5.41) is 14.3. The van der Waals surface area contributed by atoms with E-state index in [0.29, 0.717) is 12.0 Å². The second-order valence-electron chi connectivity index (χ2n) is 6.51. The van der Waals surface area contributed by atoms with Gasteiger partial charge in [-0.05, 0) is 37.5 Å². The topological polar surface area (TPSA) is 32.3 Å². The molecule has 2 saturated carbocycles. The standard InChI is InChI=1S/C15H29NO/c1-3-13-7-4-8-14(13)16-11-15(17)9-5-6-12(2)10-15/h12-14,16-17H,3-11H2,1-2H3. The molecule has 4 unspecified atom stereocenters. The molecule has 0 spiro atoms. The van der Waals surface area contributed by atoms with Gasteiger partial charge >= 0.3 is 0 Å². The fourth-order valence-corrected chi connectivity index (χ4v) is 3.91. The van der Waals surface area contributed by atoms with Gasteiger partial charge < -0.3 is 10.4 Å². The van der Waals surface area contributed by atoms with E-state index < -0.39 is 5.60 Å². The molecule has 17 heavy (non-hydrogen) atoms. The maximum absolute atomic E-state index is 10.6. The zero-order valence-corrected chi connectivity index (χ0v) is 11.5. The summed E-state index contributed by atoms with van der Waals surface area (Å²) in [5.41, 5.74) is -0.418. The Kier molecular flexibility index (Phi) is 4.48. The average molecular weight is 239 g/mol. The molecule has 0 aromatic carbocycles. The van der Waals surface area contributed by atoms with Crippen molar-refractivity contribution in [1.29, 1.82) is 0 Å². The first-order valence-corrected chi connectivity index (χ1v) is 7.59. The van der Waals surface area contributed by atoms with Crippen molar-refractivity contribution in [1.82, 2.24) is 5.32 Å². The van der Waals surface area contributed by atoms with Crippen molar-refractivity contribution >= 4 is 0 Å². The van der Waals surface area contributed by atoms with Gasteiger partial charge in [0, 0.05) is 12.6 Å². The van der Waals surface area contributed by atoms with Gasteiger partial charge in [-0.2, -0.15) is 0 Å². The molecule has 2 rings (SSSR count). The van der Waals surface area contributed by atoms with Gasteiger partial charge in [0.1, 0.15) is 0 Å². The summed E-state index contributed by atoms with van der Waals surface area (Å²) < 4.78 is 0. The second-order valence-corrected chi connectivity index (χ2v) is 6.51. The minimum Gasteiger partial charge on any atom is -0.389 e. The lowest BCUT2D eigenvalue weighted by Gasteiger charge is -2.37. The van der Waals surface area contributed by atoms with Gasteiger partial charge in [0.15, 0.2) is 0 Å². The Bertz CT molecular complexity index is 243. The molecule has 100 valence electrons. The monoisotopic (exact) mass is 239 g/mol. The van der Waals surface area contributed by atoms with Crippen LogP contribution in [0, 0.1) is 11.8 Å². The summed E-state index contributed by atoms with van der Waals surface area (Å²) in [4.78, 5) is 0. The van der Waals surface area contributed by atoms with Gasteiger partial charge in [-0.3, -0.25) is 0 Å². The van der Waals surface area contributed by atoms with Crippen LogP contribution >= 0.6 is 0 Å². The molecule has 0 radical (unpaired) electrons. The normalized spacial score (nSPS) is 42.9. The molecule has 0 aromatic rings. The molecule has 2 N–H and O–H groups in total. The van der Waals surface area contributed by atoms with Crippen LogP contribution in [0.5, 0.6) is 0 Å². The Labute approximate surface area is 106 Å². The van der Waals surface area contributed by atoms with E-state index in [-0.39, 0.29) is 0 Å². The molecule has 2 heteroatoms. The van der Waals surface area contributed by atoms with E-state index >= 15 is 0 Å². The van der Waals surface area contributed by atoms with Crippen LogP contribution in [0.4, 0.5) is 0 Å². The lowest BCUT2D eigenvalue weighted by atomic mass is 9.78. The number of rotatable bonds is 4. The molecule has 4 atom stereocenters. The van der Waals surface area contributed by atoms with Gasteiger partial charge in [0.05, 0.1) is 5.60 Å². The summed E-state index contributed by atoms with van der Waals surface area (Å²) in [6, 6.07) is 0.668. The van der Waals surface area contributed by atoms with Crippen molar-refractivity contribution in [3.8, 4) is 0 Å². The van der Waals surface area contributed by atoms with E-state index in [4.69, 9.17) is 0 Å². The largest absolute Gasteiger partial charge is 0.389 e. The van der Waals surface area contributed by atoms with Crippen molar-refractivity contribution in [2.45, 2.75) is 76.9 Å². The number of aliphatic hydroxyl groups is 1. The fraction of sp³-hybridized carbons (Fsp3) is 1.00. The van der Waals surface area contributed by atoms with Crippen molar-refractivity contribution < 1.29 is 5.11 Å². The van der Waals surface area contributed by atoms with Crippen LogP contribution < -0.4 is 5.32 Å². The first-order valence-electron chi connectivity index (χ1n) is 7.59. The van der Waals surface area contributed by atoms with Crippen LogP contribution in [0.25, 0.3) is 0 Å². The van der Waals surface area contributed by atoms with Crippen LogP contribution in [0.15, 0.2) is 0 Å². The lowest BCUT2D eigenvalue weighted by Crippen LogP contribution is -2.47. The zero-order chi connectivity index (χ0) is 12.3. The summed E-state index contributed by atoms with van der Waals surface area (Å²) >= 11 is 0. The SMILES string of the molecule is CCC1CCCC1NCC1(O)CCCC(C)C1. The Morgan fingerprint density at radius 3 is 2.76 bits per heavy atom. The molecule has 2 aliphatic carbocycles. The van der Waals surface area contributed by atoms with Gasteiger partial charge in [-0.25, -0.2) is 0 Å². The number of hydrogen-bond acceptors (Lipinski definition) is 2. The molecule has 2 aliphatic rings. The van der Waals surface area contributed by atoms with Crippen LogP contribution in [0.3, 0.4) is 0 Å². The zero-order valence-electron chi connectivity index (χ0n) is 11.5. The van der Waals surface area contributed by atoms with Crippen molar-refractivity contribution in [3.63, 3.8) is 0 Å². The highest BCUT2D eigenvalue weighted by Crippen LogP contribution is 2.33. The first-order chi connectivity index (χ1) is 8.13. The molecule has 0 heterocycles. The summed E-state index contributed by atoms with van der Waals surface area (Å²) in [5.74, 6) is 1.54. The van der Waals surface area contributed by atoms with Crippen LogP contribution in [0.1, 0.15) is 65.2 Å². The van der Waals surface area contributed by atoms with E-state index in [2.05, 4.69) is 19.2 Å². The lowest BCUT2D eigenvalue weighted by molar-refractivity contribution is -0.0146. The smallest absolute Gasteiger partial charge is 0.0774 e. The number of nitrogens with one attached hydrogen (secondary N) is 1. The highest BCUT2D eigenvalue weighted by atomic mass is 16.3. The van der Waals surface area contributed by atoms with Crippen LogP contribution in [-0.4, -0.2) is 23.3 Å². The minimum atomic E-state index is -0.418. The molecule has 2 fully saturated rings. The third kappa shape index (κ3) is 3.45. The van der Waals surface area contributed by atoms with Crippen LogP contribution in [0.2, 0.25) is 0 Å². The third-order valence-corrected chi connectivity index (χ3v) is 4.94. The van der Waals surface area contributed by atoms with E-state index in [9.17, 15) is 5.11 Å². The Hall–Kier alpha value is -0.0800. The number of hydrogen-bond donors (Lipinski definition) is 2. The molecule has 0 amide bonds. The molecule has 0 bridgehead atoms. The maximum atomic E-state index is 10.6. The van der Waals surface area contributed by atoms with E-state index in [0.717, 1.165) is 25.3 Å². The Morgan fingerprint density at radius 1 is 1.24 bits per heavy atom. The quantitative estimate of drug-likeness (QED) is 0.790. The van der Waals surface area contributed by atoms with Crippen molar-refractivity contribution in [3.05, 3.63) is 0 Å². The maximum Gasteiger partial charge on any atom is 0.0774 e. The van der Waals surface area contributed by atoms with E-state index in [1.807, 2.05) is 0 Å². The Morgan fingerprint density at radius 2 is 2.06 bits per heavy atom. The molecule has 2 nitrogen and oxygen atoms in total. The summed E-state index contributed by atoms with van der Waals surface area (Å²) in [6.45, 7) is 5.38. The van der Waals surface area contributed by atoms with Gasteiger partial charge in [-0.1, -0.05) is 39.5 Å². The molecular weight excluding hydrogens is 210 g/mol. The summed E-state index contributed by atoms with van der Waals surface area (Å²) in [7, 11) is 0. The predicted molar refractivity (Wildman–Crippen MR) is 72.0 cm³/mol. The molecule has 0 aliphatic heterocycles.